The predicted octanol–water partition coefficient (Wildman–Crippen LogP) is 1.51. The SMILES string of the molecule is CCC(CO)CNc1ccncc1. The topological polar surface area (TPSA) is 45.1 Å². The maximum absolute atomic E-state index is 8.95. The van der Waals surface area contributed by atoms with Crippen LogP contribution in [0, 0.1) is 5.92 Å². The molecule has 0 saturated heterocycles. The van der Waals surface area contributed by atoms with Gasteiger partial charge in [0.15, 0.2) is 0 Å². The fourth-order valence-electron chi connectivity index (χ4n) is 1.07. The molecule has 0 radical (unpaired) electrons. The van der Waals surface area contributed by atoms with Crippen molar-refractivity contribution < 1.29 is 5.11 Å². The largest absolute Gasteiger partial charge is 0.396 e. The van der Waals surface area contributed by atoms with Gasteiger partial charge in [0, 0.05) is 31.2 Å². The Labute approximate surface area is 78.8 Å². The molecule has 13 heavy (non-hydrogen) atoms. The van der Waals surface area contributed by atoms with Crippen molar-refractivity contribution in [2.24, 2.45) is 5.92 Å². The van der Waals surface area contributed by atoms with Crippen LogP contribution in [0.4, 0.5) is 5.69 Å². The number of anilines is 1. The molecule has 3 heteroatoms. The Morgan fingerprint density at radius 3 is 2.69 bits per heavy atom. The molecule has 0 aliphatic heterocycles. The first-order chi connectivity index (χ1) is 6.36. The van der Waals surface area contributed by atoms with E-state index >= 15 is 0 Å². The number of rotatable bonds is 5. The fraction of sp³-hybridized carbons (Fsp3) is 0.500. The van der Waals surface area contributed by atoms with Crippen molar-refractivity contribution in [1.29, 1.82) is 0 Å². The molecule has 0 bridgehead atoms. The zero-order chi connectivity index (χ0) is 9.52. The third kappa shape index (κ3) is 3.42. The molecule has 0 spiro atoms. The summed E-state index contributed by atoms with van der Waals surface area (Å²) < 4.78 is 0. The lowest BCUT2D eigenvalue weighted by atomic mass is 10.1. The minimum atomic E-state index is 0.245. The third-order valence-electron chi connectivity index (χ3n) is 2.11. The van der Waals surface area contributed by atoms with Crippen LogP contribution in [0.25, 0.3) is 0 Å². The number of aromatic nitrogens is 1. The molecule has 0 amide bonds. The quantitative estimate of drug-likeness (QED) is 0.722. The van der Waals surface area contributed by atoms with Gasteiger partial charge >= 0.3 is 0 Å². The molecule has 2 N–H and O–H groups in total. The van der Waals surface area contributed by atoms with E-state index in [0.29, 0.717) is 5.92 Å². The Balaban J connectivity index is 2.34. The number of nitrogens with zero attached hydrogens (tertiary/aromatic N) is 1. The lowest BCUT2D eigenvalue weighted by molar-refractivity contribution is 0.230. The summed E-state index contributed by atoms with van der Waals surface area (Å²) in [6.07, 6.45) is 4.50. The van der Waals surface area contributed by atoms with Crippen LogP contribution in [-0.4, -0.2) is 23.2 Å². The molecule has 1 unspecified atom stereocenters. The van der Waals surface area contributed by atoms with E-state index in [-0.39, 0.29) is 6.61 Å². The molecule has 0 aromatic carbocycles. The van der Waals surface area contributed by atoms with Crippen molar-refractivity contribution in [3.8, 4) is 0 Å². The van der Waals surface area contributed by atoms with E-state index in [1.807, 2.05) is 12.1 Å². The van der Waals surface area contributed by atoms with E-state index in [1.165, 1.54) is 0 Å². The van der Waals surface area contributed by atoms with Gasteiger partial charge in [-0.3, -0.25) is 4.98 Å². The van der Waals surface area contributed by atoms with E-state index in [4.69, 9.17) is 5.11 Å². The second kappa shape index (κ2) is 5.54. The van der Waals surface area contributed by atoms with Gasteiger partial charge in [0.05, 0.1) is 0 Å². The fourth-order valence-corrected chi connectivity index (χ4v) is 1.07. The van der Waals surface area contributed by atoms with E-state index < -0.39 is 0 Å². The van der Waals surface area contributed by atoms with Crippen molar-refractivity contribution in [3.63, 3.8) is 0 Å². The number of hydrogen-bond donors (Lipinski definition) is 2. The molecule has 1 atom stereocenters. The van der Waals surface area contributed by atoms with Gasteiger partial charge in [-0.05, 0) is 24.5 Å². The number of aliphatic hydroxyl groups excluding tert-OH is 1. The summed E-state index contributed by atoms with van der Waals surface area (Å²) in [5.41, 5.74) is 1.06. The van der Waals surface area contributed by atoms with Crippen LogP contribution in [0.5, 0.6) is 0 Å². The van der Waals surface area contributed by atoms with Crippen LogP contribution in [-0.2, 0) is 0 Å². The summed E-state index contributed by atoms with van der Waals surface area (Å²) in [4.78, 5) is 3.92. The zero-order valence-electron chi connectivity index (χ0n) is 7.90. The Morgan fingerprint density at radius 1 is 1.46 bits per heavy atom. The minimum Gasteiger partial charge on any atom is -0.396 e. The first-order valence-electron chi connectivity index (χ1n) is 4.61. The molecule has 1 heterocycles. The molecule has 0 saturated carbocycles. The second-order valence-electron chi connectivity index (χ2n) is 3.07. The molecule has 1 rings (SSSR count). The number of nitrogens with one attached hydrogen (secondary N) is 1. The Bertz CT molecular complexity index is 222. The lowest BCUT2D eigenvalue weighted by Crippen LogP contribution is -2.16. The minimum absolute atomic E-state index is 0.245. The van der Waals surface area contributed by atoms with Crippen LogP contribution in [0.15, 0.2) is 24.5 Å². The van der Waals surface area contributed by atoms with Crippen molar-refractivity contribution in [1.82, 2.24) is 4.98 Å². The van der Waals surface area contributed by atoms with E-state index in [9.17, 15) is 0 Å². The van der Waals surface area contributed by atoms with Crippen LogP contribution in [0.3, 0.4) is 0 Å². The summed E-state index contributed by atoms with van der Waals surface area (Å²) in [5.74, 6) is 0.341. The number of pyridine rings is 1. The first-order valence-corrected chi connectivity index (χ1v) is 4.61. The van der Waals surface area contributed by atoms with Gasteiger partial charge < -0.3 is 10.4 Å². The maximum atomic E-state index is 8.95. The summed E-state index contributed by atoms with van der Waals surface area (Å²) in [5, 5.41) is 12.2. The Hall–Kier alpha value is -1.09. The summed E-state index contributed by atoms with van der Waals surface area (Å²) in [7, 11) is 0. The third-order valence-corrected chi connectivity index (χ3v) is 2.11. The number of hydrogen-bond acceptors (Lipinski definition) is 3. The predicted molar refractivity (Wildman–Crippen MR) is 53.6 cm³/mol. The highest BCUT2D eigenvalue weighted by Gasteiger charge is 2.02. The van der Waals surface area contributed by atoms with Gasteiger partial charge in [-0.25, -0.2) is 0 Å². The zero-order valence-corrected chi connectivity index (χ0v) is 7.90. The standard InChI is InChI=1S/C10H16N2O/c1-2-9(8-13)7-12-10-3-5-11-6-4-10/h3-6,9,13H,2,7-8H2,1H3,(H,11,12). The van der Waals surface area contributed by atoms with E-state index in [2.05, 4.69) is 17.2 Å². The van der Waals surface area contributed by atoms with Crippen molar-refractivity contribution >= 4 is 5.69 Å². The molecule has 72 valence electrons. The molecule has 1 aromatic heterocycles. The van der Waals surface area contributed by atoms with Crippen LogP contribution in [0.2, 0.25) is 0 Å². The highest BCUT2D eigenvalue weighted by Crippen LogP contribution is 2.06. The molecule has 0 aliphatic rings. The van der Waals surface area contributed by atoms with Crippen LogP contribution in [0.1, 0.15) is 13.3 Å². The van der Waals surface area contributed by atoms with Crippen LogP contribution >= 0.6 is 0 Å². The number of aliphatic hydroxyl groups is 1. The molecule has 0 aliphatic carbocycles. The summed E-state index contributed by atoms with van der Waals surface area (Å²) in [6, 6.07) is 3.84. The van der Waals surface area contributed by atoms with Crippen LogP contribution < -0.4 is 5.32 Å². The molecular weight excluding hydrogens is 164 g/mol. The smallest absolute Gasteiger partial charge is 0.0475 e. The highest BCUT2D eigenvalue weighted by molar-refractivity contribution is 5.40. The molecule has 1 aromatic rings. The van der Waals surface area contributed by atoms with Gasteiger partial charge in [-0.2, -0.15) is 0 Å². The molecule has 3 nitrogen and oxygen atoms in total. The molecule has 0 fully saturated rings. The monoisotopic (exact) mass is 180 g/mol. The van der Waals surface area contributed by atoms with Gasteiger partial charge in [0.1, 0.15) is 0 Å². The summed E-state index contributed by atoms with van der Waals surface area (Å²) in [6.45, 7) is 3.14. The van der Waals surface area contributed by atoms with Gasteiger partial charge in [-0.15, -0.1) is 0 Å². The molecular formula is C10H16N2O. The highest BCUT2D eigenvalue weighted by atomic mass is 16.3. The summed E-state index contributed by atoms with van der Waals surface area (Å²) >= 11 is 0. The van der Waals surface area contributed by atoms with Crippen molar-refractivity contribution in [2.45, 2.75) is 13.3 Å². The van der Waals surface area contributed by atoms with Crippen molar-refractivity contribution in [3.05, 3.63) is 24.5 Å². The van der Waals surface area contributed by atoms with E-state index in [1.54, 1.807) is 12.4 Å². The van der Waals surface area contributed by atoms with Crippen molar-refractivity contribution in [2.75, 3.05) is 18.5 Å². The van der Waals surface area contributed by atoms with Gasteiger partial charge in [-0.1, -0.05) is 6.92 Å². The maximum Gasteiger partial charge on any atom is 0.0475 e. The first kappa shape index (κ1) is 9.99. The van der Waals surface area contributed by atoms with Gasteiger partial charge in [0.2, 0.25) is 0 Å². The van der Waals surface area contributed by atoms with Gasteiger partial charge in [0.25, 0.3) is 0 Å². The average Bonchev–Trinajstić information content (AvgIpc) is 2.21. The lowest BCUT2D eigenvalue weighted by Gasteiger charge is -2.13. The Morgan fingerprint density at radius 2 is 2.15 bits per heavy atom. The van der Waals surface area contributed by atoms with E-state index in [0.717, 1.165) is 18.7 Å². The second-order valence-corrected chi connectivity index (χ2v) is 3.07. The average molecular weight is 180 g/mol. The normalized spacial score (nSPS) is 12.5. The Kier molecular flexibility index (Phi) is 4.26.